The van der Waals surface area contributed by atoms with Gasteiger partial charge in [0.25, 0.3) is 0 Å². The van der Waals surface area contributed by atoms with E-state index < -0.39 is 0 Å². The van der Waals surface area contributed by atoms with Gasteiger partial charge in [0.15, 0.2) is 5.96 Å². The van der Waals surface area contributed by atoms with Crippen molar-refractivity contribution in [1.82, 2.24) is 20.9 Å². The summed E-state index contributed by atoms with van der Waals surface area (Å²) in [6, 6.07) is 0.789. The van der Waals surface area contributed by atoms with Crippen LogP contribution < -0.4 is 16.0 Å². The number of morpholine rings is 1. The Morgan fingerprint density at radius 1 is 1.14 bits per heavy atom. The molecule has 0 spiro atoms. The molecule has 3 N–H and O–H groups in total. The average molecular weight is 396 g/mol. The number of hydrogen-bond donors (Lipinski definition) is 3. The monoisotopic (exact) mass is 395 g/mol. The van der Waals surface area contributed by atoms with Crippen LogP contribution in [0.3, 0.4) is 0 Å². The van der Waals surface area contributed by atoms with Gasteiger partial charge in [0, 0.05) is 44.7 Å². The largest absolute Gasteiger partial charge is 0.379 e. The zero-order chi connectivity index (χ0) is 20.2. The van der Waals surface area contributed by atoms with Gasteiger partial charge in [0.1, 0.15) is 0 Å². The fourth-order valence-electron chi connectivity index (χ4n) is 4.02. The molecule has 0 radical (unpaired) electrons. The normalized spacial score (nSPS) is 20.8. The van der Waals surface area contributed by atoms with Crippen LogP contribution in [0.25, 0.3) is 0 Å². The van der Waals surface area contributed by atoms with E-state index in [1.165, 1.54) is 19.3 Å². The van der Waals surface area contributed by atoms with Crippen LogP contribution in [0.1, 0.15) is 59.3 Å². The van der Waals surface area contributed by atoms with Crippen LogP contribution in [-0.2, 0) is 9.53 Å². The maximum atomic E-state index is 12.2. The number of ether oxygens (including phenoxy) is 1. The number of nitrogens with zero attached hydrogens (tertiary/aromatic N) is 2. The maximum Gasteiger partial charge on any atom is 0.221 e. The minimum absolute atomic E-state index is 0.142. The molecule has 1 saturated heterocycles. The van der Waals surface area contributed by atoms with Gasteiger partial charge in [-0.15, -0.1) is 0 Å². The number of nitrogens with one attached hydrogen (secondary N) is 3. The first kappa shape index (κ1) is 22.9. The molecule has 7 nitrogen and oxygen atoms in total. The van der Waals surface area contributed by atoms with Crippen molar-refractivity contribution in [1.29, 1.82) is 0 Å². The zero-order valence-electron chi connectivity index (χ0n) is 18.1. The van der Waals surface area contributed by atoms with Gasteiger partial charge in [-0.05, 0) is 25.7 Å². The van der Waals surface area contributed by atoms with Crippen LogP contribution in [-0.4, -0.2) is 74.8 Å². The second-order valence-electron chi connectivity index (χ2n) is 8.26. The Bertz CT molecular complexity index is 471. The lowest BCUT2D eigenvalue weighted by Gasteiger charge is -2.36. The van der Waals surface area contributed by atoms with E-state index in [1.807, 2.05) is 0 Å². The predicted molar refractivity (Wildman–Crippen MR) is 115 cm³/mol. The average Bonchev–Trinajstić information content (AvgIpc) is 2.69. The van der Waals surface area contributed by atoms with E-state index in [0.717, 1.165) is 58.2 Å². The molecule has 0 aromatic carbocycles. The van der Waals surface area contributed by atoms with E-state index in [0.29, 0.717) is 31.0 Å². The molecule has 1 saturated carbocycles. The van der Waals surface area contributed by atoms with E-state index in [2.05, 4.69) is 41.6 Å². The highest BCUT2D eigenvalue weighted by atomic mass is 16.5. The highest BCUT2D eigenvalue weighted by Crippen LogP contribution is 2.17. The van der Waals surface area contributed by atoms with E-state index in [1.54, 1.807) is 0 Å². The third kappa shape index (κ3) is 8.35. The van der Waals surface area contributed by atoms with E-state index in [4.69, 9.17) is 9.73 Å². The Morgan fingerprint density at radius 3 is 2.50 bits per heavy atom. The molecule has 1 heterocycles. The topological polar surface area (TPSA) is 78.0 Å². The molecular weight excluding hydrogens is 354 g/mol. The van der Waals surface area contributed by atoms with Crippen molar-refractivity contribution in [2.75, 3.05) is 45.9 Å². The molecule has 0 aromatic heterocycles. The Morgan fingerprint density at radius 2 is 1.86 bits per heavy atom. The lowest BCUT2D eigenvalue weighted by molar-refractivity contribution is -0.121. The van der Waals surface area contributed by atoms with Gasteiger partial charge < -0.3 is 20.7 Å². The summed E-state index contributed by atoms with van der Waals surface area (Å²) >= 11 is 0. The van der Waals surface area contributed by atoms with Gasteiger partial charge in [-0.25, -0.2) is 0 Å². The second kappa shape index (κ2) is 13.0. The van der Waals surface area contributed by atoms with Crippen molar-refractivity contribution in [3.8, 4) is 0 Å². The molecule has 1 aliphatic carbocycles. The van der Waals surface area contributed by atoms with Gasteiger partial charge in [-0.3, -0.25) is 14.7 Å². The fourth-order valence-corrected chi connectivity index (χ4v) is 4.02. The van der Waals surface area contributed by atoms with Crippen molar-refractivity contribution in [3.05, 3.63) is 0 Å². The molecule has 0 bridgehead atoms. The molecule has 2 aliphatic rings. The number of guanidine groups is 1. The van der Waals surface area contributed by atoms with Gasteiger partial charge in [0.2, 0.25) is 5.91 Å². The summed E-state index contributed by atoms with van der Waals surface area (Å²) in [6.07, 6.45) is 6.51. The smallest absolute Gasteiger partial charge is 0.221 e. The standard InChI is InChI=1S/C21H41N5O2/c1-4-22-21(23-11-10-20(27)25-18-8-6-5-7-9-18)24-16-19(17(2)3)26-12-14-28-15-13-26/h17-19H,4-16H2,1-3H3,(H,25,27)(H2,22,23,24). The summed E-state index contributed by atoms with van der Waals surface area (Å²) < 4.78 is 5.48. The third-order valence-electron chi connectivity index (χ3n) is 5.68. The molecule has 1 unspecified atom stereocenters. The Balaban J connectivity index is 1.77. The minimum atomic E-state index is 0.142. The first-order valence-corrected chi connectivity index (χ1v) is 11.2. The van der Waals surface area contributed by atoms with Crippen LogP contribution >= 0.6 is 0 Å². The van der Waals surface area contributed by atoms with Crippen molar-refractivity contribution >= 4 is 11.9 Å². The van der Waals surface area contributed by atoms with Gasteiger partial charge in [-0.2, -0.15) is 0 Å². The fraction of sp³-hybridized carbons (Fsp3) is 0.905. The number of rotatable bonds is 9. The first-order valence-electron chi connectivity index (χ1n) is 11.2. The van der Waals surface area contributed by atoms with Crippen molar-refractivity contribution in [2.45, 2.75) is 71.4 Å². The zero-order valence-corrected chi connectivity index (χ0v) is 18.1. The van der Waals surface area contributed by atoms with Gasteiger partial charge in [-0.1, -0.05) is 33.1 Å². The predicted octanol–water partition coefficient (Wildman–Crippen LogP) is 1.74. The summed E-state index contributed by atoms with van der Waals surface area (Å²) in [4.78, 5) is 19.5. The van der Waals surface area contributed by atoms with Gasteiger partial charge >= 0.3 is 0 Å². The molecule has 2 rings (SSSR count). The Labute approximate surface area is 171 Å². The molecule has 0 aromatic rings. The summed E-state index contributed by atoms with van der Waals surface area (Å²) in [7, 11) is 0. The van der Waals surface area contributed by atoms with Crippen LogP contribution in [0, 0.1) is 5.92 Å². The minimum Gasteiger partial charge on any atom is -0.379 e. The number of carbonyl (C=O) groups is 1. The van der Waals surface area contributed by atoms with Crippen LogP contribution in [0.5, 0.6) is 0 Å². The molecule has 1 aliphatic heterocycles. The SMILES string of the molecule is CCNC(=NCC(C(C)C)N1CCOCC1)NCCC(=O)NC1CCCCC1. The van der Waals surface area contributed by atoms with E-state index in [9.17, 15) is 4.79 Å². The number of hydrogen-bond acceptors (Lipinski definition) is 4. The molecule has 1 amide bonds. The molecular formula is C21H41N5O2. The van der Waals surface area contributed by atoms with Crippen molar-refractivity contribution in [2.24, 2.45) is 10.9 Å². The Kier molecular flexibility index (Phi) is 10.6. The summed E-state index contributed by atoms with van der Waals surface area (Å²) in [6.45, 7) is 12.3. The number of aliphatic imine (C=N–C) groups is 1. The van der Waals surface area contributed by atoms with E-state index in [-0.39, 0.29) is 5.91 Å². The molecule has 162 valence electrons. The number of carbonyl (C=O) groups excluding carboxylic acids is 1. The molecule has 2 fully saturated rings. The first-order chi connectivity index (χ1) is 13.6. The maximum absolute atomic E-state index is 12.2. The Hall–Kier alpha value is -1.34. The van der Waals surface area contributed by atoms with Gasteiger partial charge in [0.05, 0.1) is 19.8 Å². The summed E-state index contributed by atoms with van der Waals surface area (Å²) in [5.41, 5.74) is 0. The van der Waals surface area contributed by atoms with Crippen LogP contribution in [0.15, 0.2) is 4.99 Å². The molecule has 1 atom stereocenters. The highest BCUT2D eigenvalue weighted by Gasteiger charge is 2.23. The lowest BCUT2D eigenvalue weighted by atomic mass is 9.95. The lowest BCUT2D eigenvalue weighted by Crippen LogP contribution is -2.48. The van der Waals surface area contributed by atoms with Crippen LogP contribution in [0.2, 0.25) is 0 Å². The highest BCUT2D eigenvalue weighted by molar-refractivity contribution is 5.81. The van der Waals surface area contributed by atoms with Crippen LogP contribution in [0.4, 0.5) is 0 Å². The number of amides is 1. The van der Waals surface area contributed by atoms with E-state index >= 15 is 0 Å². The summed E-state index contributed by atoms with van der Waals surface area (Å²) in [5.74, 6) is 1.47. The van der Waals surface area contributed by atoms with Crippen molar-refractivity contribution < 1.29 is 9.53 Å². The quantitative estimate of drug-likeness (QED) is 0.409. The third-order valence-corrected chi connectivity index (χ3v) is 5.68. The van der Waals surface area contributed by atoms with Crippen molar-refractivity contribution in [3.63, 3.8) is 0 Å². The second-order valence-corrected chi connectivity index (χ2v) is 8.26. The summed E-state index contributed by atoms with van der Waals surface area (Å²) in [5, 5.41) is 9.79. The molecule has 28 heavy (non-hydrogen) atoms. The molecule has 7 heteroatoms.